The van der Waals surface area contributed by atoms with Gasteiger partial charge in [0.1, 0.15) is 0 Å². The van der Waals surface area contributed by atoms with E-state index in [-0.39, 0.29) is 24.0 Å². The van der Waals surface area contributed by atoms with Crippen molar-refractivity contribution in [3.05, 3.63) is 20.8 Å². The molecule has 1 aliphatic heterocycles. The quantitative estimate of drug-likeness (QED) is 0.884. The molecule has 0 saturated carbocycles. The first-order chi connectivity index (χ1) is 8.50. The van der Waals surface area contributed by atoms with Crippen LogP contribution in [0.5, 0.6) is 0 Å². The molecule has 100 valence electrons. The number of thiophene rings is 1. The number of primary amides is 1. The lowest BCUT2D eigenvalue weighted by Crippen LogP contribution is -2.47. The summed E-state index contributed by atoms with van der Waals surface area (Å²) in [6.07, 6.45) is 1.84. The highest BCUT2D eigenvalue weighted by atomic mass is 79.9. The van der Waals surface area contributed by atoms with E-state index >= 15 is 0 Å². The first kappa shape index (κ1) is 14.0. The molecule has 1 aromatic rings. The maximum absolute atomic E-state index is 11.5. The number of nitrogens with two attached hydrogens (primary N) is 2. The normalized spacial score (nSPS) is 24.1. The summed E-state index contributed by atoms with van der Waals surface area (Å²) < 4.78 is 1.08. The first-order valence-corrected chi connectivity index (χ1v) is 7.67. The minimum absolute atomic E-state index is 0.0319. The summed E-state index contributed by atoms with van der Waals surface area (Å²) in [5, 5.41) is 0. The molecule has 2 rings (SSSR count). The predicted octanol–water partition coefficient (Wildman–Crippen LogP) is 1.85. The van der Waals surface area contributed by atoms with Crippen LogP contribution < -0.4 is 11.5 Å². The highest BCUT2D eigenvalue weighted by Crippen LogP contribution is 2.36. The van der Waals surface area contributed by atoms with E-state index in [2.05, 4.69) is 26.9 Å². The first-order valence-electron chi connectivity index (χ1n) is 6.06. The monoisotopic (exact) mass is 331 g/mol. The number of likely N-dealkylation sites (tertiary alicyclic amines) is 1. The lowest BCUT2D eigenvalue weighted by Gasteiger charge is -2.33. The molecule has 1 fully saturated rings. The predicted molar refractivity (Wildman–Crippen MR) is 77.3 cm³/mol. The van der Waals surface area contributed by atoms with E-state index in [1.165, 1.54) is 4.88 Å². The van der Waals surface area contributed by atoms with E-state index in [0.29, 0.717) is 0 Å². The van der Waals surface area contributed by atoms with Crippen molar-refractivity contribution < 1.29 is 4.79 Å². The van der Waals surface area contributed by atoms with Gasteiger partial charge in [-0.25, -0.2) is 0 Å². The van der Waals surface area contributed by atoms with Gasteiger partial charge in [0.15, 0.2) is 0 Å². The molecular weight excluding hydrogens is 314 g/mol. The molecule has 2 heterocycles. The van der Waals surface area contributed by atoms with E-state index in [1.54, 1.807) is 11.3 Å². The Balaban J connectivity index is 2.28. The van der Waals surface area contributed by atoms with Crippen LogP contribution in [-0.4, -0.2) is 29.4 Å². The van der Waals surface area contributed by atoms with Crippen molar-refractivity contribution >= 4 is 33.2 Å². The van der Waals surface area contributed by atoms with Crippen molar-refractivity contribution in [3.8, 4) is 0 Å². The zero-order chi connectivity index (χ0) is 13.3. The summed E-state index contributed by atoms with van der Waals surface area (Å²) in [7, 11) is 0. The van der Waals surface area contributed by atoms with Crippen molar-refractivity contribution in [1.29, 1.82) is 0 Å². The molecule has 6 heteroatoms. The van der Waals surface area contributed by atoms with E-state index in [0.717, 1.165) is 23.2 Å². The summed E-state index contributed by atoms with van der Waals surface area (Å²) in [5.41, 5.74) is 11.6. The fourth-order valence-electron chi connectivity index (χ4n) is 2.64. The van der Waals surface area contributed by atoms with Crippen LogP contribution in [0.15, 0.2) is 15.9 Å². The Hall–Kier alpha value is -0.430. The highest BCUT2D eigenvalue weighted by molar-refractivity contribution is 9.11. The standard InChI is InChI=1S/C12H18BrN3OS/c1-7(14)11(9-4-5-10(13)18-9)16-6-2-3-8(16)12(15)17/h4-5,7-8,11H,2-3,6,14H2,1H3,(H2,15,17). The Kier molecular flexibility index (Phi) is 4.42. The molecule has 1 aromatic heterocycles. The molecule has 3 unspecified atom stereocenters. The molecule has 3 atom stereocenters. The molecule has 4 nitrogen and oxygen atoms in total. The molecule has 0 bridgehead atoms. The number of amides is 1. The second-order valence-corrected chi connectivity index (χ2v) is 7.24. The van der Waals surface area contributed by atoms with Crippen LogP contribution in [0.1, 0.15) is 30.7 Å². The third kappa shape index (κ3) is 2.77. The molecule has 0 spiro atoms. The average molecular weight is 332 g/mol. The third-order valence-electron chi connectivity index (χ3n) is 3.36. The number of hydrogen-bond acceptors (Lipinski definition) is 4. The smallest absolute Gasteiger partial charge is 0.234 e. The number of halogens is 1. The molecule has 1 saturated heterocycles. The van der Waals surface area contributed by atoms with Gasteiger partial charge >= 0.3 is 0 Å². The Morgan fingerprint density at radius 3 is 2.83 bits per heavy atom. The van der Waals surface area contributed by atoms with Gasteiger partial charge < -0.3 is 11.5 Å². The molecule has 0 aliphatic carbocycles. The molecule has 0 radical (unpaired) electrons. The zero-order valence-corrected chi connectivity index (χ0v) is 12.7. The van der Waals surface area contributed by atoms with E-state index in [9.17, 15) is 4.79 Å². The van der Waals surface area contributed by atoms with Gasteiger partial charge in [-0.1, -0.05) is 0 Å². The minimum atomic E-state index is -0.242. The molecular formula is C12H18BrN3OS. The summed E-state index contributed by atoms with van der Waals surface area (Å²) in [5.74, 6) is -0.242. The Labute approximate surface area is 119 Å². The van der Waals surface area contributed by atoms with Crippen LogP contribution in [0, 0.1) is 0 Å². The van der Waals surface area contributed by atoms with E-state index in [4.69, 9.17) is 11.5 Å². The van der Waals surface area contributed by atoms with Crippen molar-refractivity contribution in [2.75, 3.05) is 6.54 Å². The molecule has 18 heavy (non-hydrogen) atoms. The number of carbonyl (C=O) groups is 1. The summed E-state index contributed by atoms with van der Waals surface area (Å²) >= 11 is 5.14. The van der Waals surface area contributed by atoms with E-state index in [1.807, 2.05) is 13.0 Å². The van der Waals surface area contributed by atoms with Crippen LogP contribution >= 0.6 is 27.3 Å². The average Bonchev–Trinajstić information content (AvgIpc) is 2.88. The largest absolute Gasteiger partial charge is 0.368 e. The summed E-state index contributed by atoms with van der Waals surface area (Å²) in [4.78, 5) is 14.9. The topological polar surface area (TPSA) is 72.3 Å². The molecule has 4 N–H and O–H groups in total. The van der Waals surface area contributed by atoms with Gasteiger partial charge in [0, 0.05) is 10.9 Å². The third-order valence-corrected chi connectivity index (χ3v) is 5.06. The molecule has 0 aromatic carbocycles. The van der Waals surface area contributed by atoms with Gasteiger partial charge in [-0.15, -0.1) is 11.3 Å². The number of hydrogen-bond donors (Lipinski definition) is 2. The maximum atomic E-state index is 11.5. The van der Waals surface area contributed by atoms with Gasteiger partial charge in [-0.2, -0.15) is 0 Å². The van der Waals surface area contributed by atoms with Gasteiger partial charge in [-0.05, 0) is 54.4 Å². The van der Waals surface area contributed by atoms with Gasteiger partial charge in [0.2, 0.25) is 5.91 Å². The number of nitrogens with zero attached hydrogens (tertiary/aromatic N) is 1. The Morgan fingerprint density at radius 2 is 2.33 bits per heavy atom. The van der Waals surface area contributed by atoms with Gasteiger partial charge in [-0.3, -0.25) is 9.69 Å². The summed E-state index contributed by atoms with van der Waals surface area (Å²) in [6.45, 7) is 2.87. The minimum Gasteiger partial charge on any atom is -0.368 e. The van der Waals surface area contributed by atoms with Crippen molar-refractivity contribution in [2.24, 2.45) is 11.5 Å². The molecule has 1 aliphatic rings. The summed E-state index contributed by atoms with van der Waals surface area (Å²) in [6, 6.07) is 3.95. The van der Waals surface area contributed by atoms with Crippen molar-refractivity contribution in [2.45, 2.75) is 37.9 Å². The maximum Gasteiger partial charge on any atom is 0.234 e. The van der Waals surface area contributed by atoms with Crippen LogP contribution in [-0.2, 0) is 4.79 Å². The van der Waals surface area contributed by atoms with Crippen LogP contribution in [0.3, 0.4) is 0 Å². The highest BCUT2D eigenvalue weighted by Gasteiger charge is 2.37. The fourth-order valence-corrected chi connectivity index (χ4v) is 4.30. The number of carbonyl (C=O) groups excluding carboxylic acids is 1. The van der Waals surface area contributed by atoms with Crippen LogP contribution in [0.2, 0.25) is 0 Å². The van der Waals surface area contributed by atoms with Gasteiger partial charge in [0.25, 0.3) is 0 Å². The fraction of sp³-hybridized carbons (Fsp3) is 0.583. The van der Waals surface area contributed by atoms with Crippen LogP contribution in [0.4, 0.5) is 0 Å². The van der Waals surface area contributed by atoms with Gasteiger partial charge in [0.05, 0.1) is 15.9 Å². The second-order valence-electron chi connectivity index (χ2n) is 4.74. The SMILES string of the molecule is CC(N)C(c1ccc(Br)s1)N1CCCC1C(N)=O. The van der Waals surface area contributed by atoms with E-state index < -0.39 is 0 Å². The Morgan fingerprint density at radius 1 is 1.61 bits per heavy atom. The second kappa shape index (κ2) is 5.69. The van der Waals surface area contributed by atoms with Crippen LogP contribution in [0.25, 0.3) is 0 Å². The lowest BCUT2D eigenvalue weighted by molar-refractivity contribution is -0.123. The number of rotatable bonds is 4. The van der Waals surface area contributed by atoms with Crippen molar-refractivity contribution in [1.82, 2.24) is 4.90 Å². The lowest BCUT2D eigenvalue weighted by atomic mass is 10.1. The molecule has 1 amide bonds. The van der Waals surface area contributed by atoms with Crippen molar-refractivity contribution in [3.63, 3.8) is 0 Å². The Bertz CT molecular complexity index is 435. The zero-order valence-electron chi connectivity index (χ0n) is 10.3.